The molecule has 1 saturated heterocycles. The summed E-state index contributed by atoms with van der Waals surface area (Å²) in [5.41, 5.74) is 1.64. The van der Waals surface area contributed by atoms with Gasteiger partial charge in [0.15, 0.2) is 0 Å². The van der Waals surface area contributed by atoms with Crippen LogP contribution in [0.2, 0.25) is 0 Å². The molecule has 25 heavy (non-hydrogen) atoms. The molecule has 3 rings (SSSR count). The van der Waals surface area contributed by atoms with E-state index in [2.05, 4.69) is 0 Å². The van der Waals surface area contributed by atoms with E-state index in [1.54, 1.807) is 17.0 Å². The number of hydrogen-bond acceptors (Lipinski definition) is 3. The van der Waals surface area contributed by atoms with Gasteiger partial charge >= 0.3 is 0 Å². The summed E-state index contributed by atoms with van der Waals surface area (Å²) < 4.78 is 13.0. The van der Waals surface area contributed by atoms with Crippen LogP contribution in [0, 0.1) is 11.7 Å². The van der Waals surface area contributed by atoms with Crippen LogP contribution >= 0.6 is 0 Å². The molecular weight excluding hydrogens is 321 g/mol. The molecule has 0 atom stereocenters. The van der Waals surface area contributed by atoms with E-state index in [4.69, 9.17) is 0 Å². The number of aldehydes is 1. The number of halogens is 1. The Morgan fingerprint density at radius 3 is 2.48 bits per heavy atom. The van der Waals surface area contributed by atoms with Crippen LogP contribution in [0.1, 0.15) is 39.1 Å². The van der Waals surface area contributed by atoms with Crippen molar-refractivity contribution >= 4 is 12.2 Å². The number of piperidine rings is 1. The molecule has 1 amide bonds. The van der Waals surface area contributed by atoms with Crippen molar-refractivity contribution in [1.29, 1.82) is 0 Å². The smallest absolute Gasteiger partial charge is 0.257 e. The van der Waals surface area contributed by atoms with Crippen LogP contribution < -0.4 is 0 Å². The predicted molar refractivity (Wildman–Crippen MR) is 92.2 cm³/mol. The van der Waals surface area contributed by atoms with E-state index < -0.39 is 0 Å². The first-order chi connectivity index (χ1) is 12.1. The summed E-state index contributed by atoms with van der Waals surface area (Å²) in [6, 6.07) is 10.8. The highest BCUT2D eigenvalue weighted by Gasteiger charge is 2.25. The normalized spacial score (nSPS) is 15.2. The van der Waals surface area contributed by atoms with E-state index in [-0.39, 0.29) is 23.0 Å². The number of amides is 1. The Labute approximate surface area is 145 Å². The van der Waals surface area contributed by atoms with Gasteiger partial charge in [-0.2, -0.15) is 0 Å². The molecule has 2 aromatic carbocycles. The summed E-state index contributed by atoms with van der Waals surface area (Å²) in [6.45, 7) is 1.21. The van der Waals surface area contributed by atoms with Crippen molar-refractivity contribution in [3.05, 3.63) is 65.0 Å². The van der Waals surface area contributed by atoms with Crippen LogP contribution in [0.3, 0.4) is 0 Å². The maximum Gasteiger partial charge on any atom is 0.257 e. The lowest BCUT2D eigenvalue weighted by Crippen LogP contribution is -2.39. The van der Waals surface area contributed by atoms with Gasteiger partial charge in [0.1, 0.15) is 17.9 Å². The fourth-order valence-electron chi connectivity index (χ4n) is 3.26. The van der Waals surface area contributed by atoms with Crippen LogP contribution in [0.5, 0.6) is 5.75 Å². The molecule has 0 aromatic heterocycles. The Bertz CT molecular complexity index is 765. The highest BCUT2D eigenvalue weighted by Crippen LogP contribution is 2.25. The molecule has 0 bridgehead atoms. The second-order valence-corrected chi connectivity index (χ2v) is 6.46. The first-order valence-corrected chi connectivity index (χ1v) is 8.38. The number of likely N-dealkylation sites (tertiary alicyclic amines) is 1. The largest absolute Gasteiger partial charge is 0.507 e. The van der Waals surface area contributed by atoms with Gasteiger partial charge in [0, 0.05) is 18.7 Å². The van der Waals surface area contributed by atoms with Gasteiger partial charge in [0.25, 0.3) is 5.91 Å². The average Bonchev–Trinajstić information content (AvgIpc) is 2.64. The van der Waals surface area contributed by atoms with Gasteiger partial charge in [0.2, 0.25) is 0 Å². The number of aromatic hydroxyl groups is 1. The Kier molecular flexibility index (Phi) is 5.12. The monoisotopic (exact) mass is 341 g/mol. The van der Waals surface area contributed by atoms with Crippen LogP contribution in [0.15, 0.2) is 42.5 Å². The number of phenols is 1. The fourth-order valence-corrected chi connectivity index (χ4v) is 3.26. The number of nitrogens with zero attached hydrogens (tertiary/aromatic N) is 1. The average molecular weight is 341 g/mol. The van der Waals surface area contributed by atoms with Crippen LogP contribution in [0.4, 0.5) is 4.39 Å². The summed E-state index contributed by atoms with van der Waals surface area (Å²) in [4.78, 5) is 25.2. The van der Waals surface area contributed by atoms with E-state index in [1.165, 1.54) is 30.3 Å². The zero-order valence-corrected chi connectivity index (χ0v) is 13.8. The number of benzene rings is 2. The third-order valence-corrected chi connectivity index (χ3v) is 4.73. The summed E-state index contributed by atoms with van der Waals surface area (Å²) in [7, 11) is 0. The molecular formula is C20H20FNO3. The van der Waals surface area contributed by atoms with E-state index >= 15 is 0 Å². The van der Waals surface area contributed by atoms with E-state index in [1.807, 2.05) is 0 Å². The molecule has 130 valence electrons. The van der Waals surface area contributed by atoms with Crippen molar-refractivity contribution in [2.75, 3.05) is 13.1 Å². The predicted octanol–water partition coefficient (Wildman–Crippen LogP) is 3.44. The lowest BCUT2D eigenvalue weighted by Gasteiger charge is -2.32. The Balaban J connectivity index is 1.61. The van der Waals surface area contributed by atoms with E-state index in [9.17, 15) is 19.1 Å². The van der Waals surface area contributed by atoms with Gasteiger partial charge in [-0.1, -0.05) is 12.1 Å². The minimum absolute atomic E-state index is 0.107. The highest BCUT2D eigenvalue weighted by molar-refractivity contribution is 5.98. The van der Waals surface area contributed by atoms with Crippen LogP contribution in [0.25, 0.3) is 0 Å². The number of hydrogen-bond donors (Lipinski definition) is 1. The number of carbonyl (C=O) groups is 2. The molecule has 0 saturated carbocycles. The van der Waals surface area contributed by atoms with E-state index in [0.717, 1.165) is 24.8 Å². The first kappa shape index (κ1) is 17.1. The molecule has 1 fully saturated rings. The second-order valence-electron chi connectivity index (χ2n) is 6.46. The summed E-state index contributed by atoms with van der Waals surface area (Å²) in [5, 5.41) is 9.91. The third-order valence-electron chi connectivity index (χ3n) is 4.73. The lowest BCUT2D eigenvalue weighted by molar-refractivity contribution is 0.0687. The summed E-state index contributed by atoms with van der Waals surface area (Å²) in [6.07, 6.45) is 3.24. The maximum absolute atomic E-state index is 13.0. The van der Waals surface area contributed by atoms with Crippen LogP contribution in [-0.4, -0.2) is 35.3 Å². The molecule has 5 heteroatoms. The van der Waals surface area contributed by atoms with Gasteiger partial charge in [-0.3, -0.25) is 9.59 Å². The zero-order chi connectivity index (χ0) is 17.8. The molecule has 0 aliphatic carbocycles. The van der Waals surface area contributed by atoms with Gasteiger partial charge < -0.3 is 10.0 Å². The zero-order valence-electron chi connectivity index (χ0n) is 13.8. The molecule has 1 aliphatic heterocycles. The number of rotatable bonds is 4. The van der Waals surface area contributed by atoms with Crippen molar-refractivity contribution in [3.63, 3.8) is 0 Å². The quantitative estimate of drug-likeness (QED) is 0.867. The molecule has 1 N–H and O–H groups in total. The van der Waals surface area contributed by atoms with Crippen molar-refractivity contribution < 1.29 is 19.1 Å². The Morgan fingerprint density at radius 1 is 1.16 bits per heavy atom. The molecule has 2 aromatic rings. The minimum atomic E-state index is -0.249. The van der Waals surface area contributed by atoms with Crippen molar-refractivity contribution in [3.8, 4) is 5.75 Å². The Morgan fingerprint density at radius 2 is 1.84 bits per heavy atom. The van der Waals surface area contributed by atoms with Crippen molar-refractivity contribution in [1.82, 2.24) is 4.90 Å². The van der Waals surface area contributed by atoms with Gasteiger partial charge in [-0.25, -0.2) is 4.39 Å². The second kappa shape index (κ2) is 7.47. The number of carbonyl (C=O) groups excluding carboxylic acids is 2. The van der Waals surface area contributed by atoms with Gasteiger partial charge in [-0.15, -0.1) is 0 Å². The SMILES string of the molecule is O=Cc1ccc(O)c(C(=O)N2CCC(Cc3ccc(F)cc3)CC2)c1. The van der Waals surface area contributed by atoms with Crippen molar-refractivity contribution in [2.24, 2.45) is 5.92 Å². The first-order valence-electron chi connectivity index (χ1n) is 8.38. The fraction of sp³-hybridized carbons (Fsp3) is 0.300. The lowest BCUT2D eigenvalue weighted by atomic mass is 9.90. The Hall–Kier alpha value is -2.69. The van der Waals surface area contributed by atoms with Gasteiger partial charge in [-0.05, 0) is 61.1 Å². The molecule has 0 spiro atoms. The summed E-state index contributed by atoms with van der Waals surface area (Å²) in [5.74, 6) is -0.142. The molecule has 0 radical (unpaired) electrons. The van der Waals surface area contributed by atoms with Crippen molar-refractivity contribution in [2.45, 2.75) is 19.3 Å². The van der Waals surface area contributed by atoms with Crippen LogP contribution in [-0.2, 0) is 6.42 Å². The number of phenolic OH excluding ortho intramolecular Hbond substituents is 1. The highest BCUT2D eigenvalue weighted by atomic mass is 19.1. The van der Waals surface area contributed by atoms with Gasteiger partial charge in [0.05, 0.1) is 5.56 Å². The summed E-state index contributed by atoms with van der Waals surface area (Å²) >= 11 is 0. The molecule has 1 heterocycles. The molecule has 1 aliphatic rings. The topological polar surface area (TPSA) is 57.6 Å². The maximum atomic E-state index is 13.0. The standard InChI is InChI=1S/C20H20FNO3/c21-17-4-1-14(2-5-17)11-15-7-9-22(10-8-15)20(25)18-12-16(13-23)3-6-19(18)24/h1-6,12-13,15,24H,7-11H2. The molecule has 0 unspecified atom stereocenters. The minimum Gasteiger partial charge on any atom is -0.507 e. The van der Waals surface area contributed by atoms with E-state index in [0.29, 0.717) is 30.9 Å². The molecule has 4 nitrogen and oxygen atoms in total. The third kappa shape index (κ3) is 4.05.